The predicted octanol–water partition coefficient (Wildman–Crippen LogP) is 4.01. The molecule has 2 aliphatic heterocycles. The van der Waals surface area contributed by atoms with Crippen LogP contribution in [0.25, 0.3) is 5.76 Å². The predicted molar refractivity (Wildman–Crippen MR) is 141 cm³/mol. The fourth-order valence-corrected chi connectivity index (χ4v) is 4.65. The van der Waals surface area contributed by atoms with Crippen molar-refractivity contribution < 1.29 is 28.9 Å². The highest BCUT2D eigenvalue weighted by Gasteiger charge is 2.46. The van der Waals surface area contributed by atoms with Crippen LogP contribution in [0.4, 0.5) is 0 Å². The van der Waals surface area contributed by atoms with Crippen LogP contribution in [0.5, 0.6) is 11.5 Å². The lowest BCUT2D eigenvalue weighted by Gasteiger charge is -2.31. The first-order valence-corrected chi connectivity index (χ1v) is 12.9. The average Bonchev–Trinajstić information content (AvgIpc) is 3.13. The zero-order valence-electron chi connectivity index (χ0n) is 22.0. The summed E-state index contributed by atoms with van der Waals surface area (Å²) >= 11 is 0. The highest BCUT2D eigenvalue weighted by molar-refractivity contribution is 6.46. The van der Waals surface area contributed by atoms with Crippen LogP contribution in [-0.2, 0) is 14.3 Å². The molecule has 0 radical (unpaired) electrons. The van der Waals surface area contributed by atoms with E-state index in [1.807, 2.05) is 52.0 Å². The normalized spacial score (nSPS) is 20.2. The zero-order valence-corrected chi connectivity index (χ0v) is 22.0. The number of likely N-dealkylation sites (tertiary alicyclic amines) is 1. The van der Waals surface area contributed by atoms with Gasteiger partial charge >= 0.3 is 0 Å². The fraction of sp³-hybridized carbons (Fsp3) is 0.448. The van der Waals surface area contributed by atoms with Gasteiger partial charge in [-0.15, -0.1) is 0 Å². The molecule has 2 aromatic rings. The van der Waals surface area contributed by atoms with E-state index >= 15 is 0 Å². The summed E-state index contributed by atoms with van der Waals surface area (Å²) < 4.78 is 16.9. The summed E-state index contributed by atoms with van der Waals surface area (Å²) in [6, 6.07) is 13.5. The summed E-state index contributed by atoms with van der Waals surface area (Å²) in [5.74, 6) is -0.132. The third-order valence-corrected chi connectivity index (χ3v) is 6.37. The molecule has 1 N–H and O–H groups in total. The molecule has 37 heavy (non-hydrogen) atoms. The number of ketones is 1. The molecule has 0 aliphatic carbocycles. The van der Waals surface area contributed by atoms with E-state index in [2.05, 4.69) is 4.90 Å². The van der Waals surface area contributed by atoms with Crippen molar-refractivity contribution in [2.75, 3.05) is 39.4 Å². The minimum Gasteiger partial charge on any atom is -0.507 e. The van der Waals surface area contributed by atoms with Gasteiger partial charge in [-0.3, -0.25) is 14.5 Å². The number of morpholine rings is 1. The number of nitrogens with zero attached hydrogens (tertiary/aromatic N) is 2. The van der Waals surface area contributed by atoms with Gasteiger partial charge in [0.25, 0.3) is 11.7 Å². The second-order valence-corrected chi connectivity index (χ2v) is 9.87. The molecule has 2 aliphatic rings. The number of carbonyl (C=O) groups is 2. The van der Waals surface area contributed by atoms with Gasteiger partial charge in [0.1, 0.15) is 17.3 Å². The topological polar surface area (TPSA) is 88.5 Å². The summed E-state index contributed by atoms with van der Waals surface area (Å²) in [7, 11) is 0. The first-order valence-electron chi connectivity index (χ1n) is 12.9. The van der Waals surface area contributed by atoms with Crippen LogP contribution < -0.4 is 9.47 Å². The van der Waals surface area contributed by atoms with E-state index in [0.717, 1.165) is 18.7 Å². The quantitative estimate of drug-likeness (QED) is 0.311. The third kappa shape index (κ3) is 6.32. The molecule has 8 nitrogen and oxygen atoms in total. The molecule has 2 aromatic carbocycles. The molecule has 2 fully saturated rings. The Kier molecular flexibility index (Phi) is 8.51. The van der Waals surface area contributed by atoms with Crippen molar-refractivity contribution in [1.82, 2.24) is 9.80 Å². The highest BCUT2D eigenvalue weighted by Crippen LogP contribution is 2.40. The number of hydrogen-bond acceptors (Lipinski definition) is 7. The van der Waals surface area contributed by atoms with Gasteiger partial charge in [-0.2, -0.15) is 0 Å². The molecular formula is C29H36N2O6. The minimum absolute atomic E-state index is 0.0129. The maximum absolute atomic E-state index is 13.3. The smallest absolute Gasteiger partial charge is 0.295 e. The Balaban J connectivity index is 1.69. The first-order chi connectivity index (χ1) is 17.7. The molecule has 198 valence electrons. The SMILES string of the molecule is CC(C)Oc1ccc(C(O)=C2C(=O)C(=O)N(CCN3CCOCC3)[C@H]2c2ccc(OC(C)C)cc2)cc1. The van der Waals surface area contributed by atoms with E-state index in [1.165, 1.54) is 0 Å². The summed E-state index contributed by atoms with van der Waals surface area (Å²) in [6.45, 7) is 11.6. The number of rotatable bonds is 9. The Morgan fingerprint density at radius 2 is 1.43 bits per heavy atom. The maximum Gasteiger partial charge on any atom is 0.295 e. The van der Waals surface area contributed by atoms with Gasteiger partial charge in [0.15, 0.2) is 0 Å². The lowest BCUT2D eigenvalue weighted by atomic mass is 9.95. The van der Waals surface area contributed by atoms with E-state index in [9.17, 15) is 14.7 Å². The van der Waals surface area contributed by atoms with Crippen molar-refractivity contribution in [2.45, 2.75) is 45.9 Å². The highest BCUT2D eigenvalue weighted by atomic mass is 16.5. The second-order valence-electron chi connectivity index (χ2n) is 9.87. The average molecular weight is 509 g/mol. The number of benzene rings is 2. The van der Waals surface area contributed by atoms with Gasteiger partial charge in [-0.05, 0) is 69.7 Å². The molecule has 4 rings (SSSR count). The van der Waals surface area contributed by atoms with E-state index in [1.54, 1.807) is 29.2 Å². The lowest BCUT2D eigenvalue weighted by molar-refractivity contribution is -0.140. The van der Waals surface area contributed by atoms with Crippen molar-refractivity contribution in [2.24, 2.45) is 0 Å². The third-order valence-electron chi connectivity index (χ3n) is 6.37. The molecule has 0 spiro atoms. The van der Waals surface area contributed by atoms with Gasteiger partial charge in [0, 0.05) is 31.7 Å². The van der Waals surface area contributed by atoms with E-state index in [0.29, 0.717) is 43.4 Å². The van der Waals surface area contributed by atoms with Crippen LogP contribution in [0.3, 0.4) is 0 Å². The molecule has 1 atom stereocenters. The van der Waals surface area contributed by atoms with Crippen LogP contribution in [0.2, 0.25) is 0 Å². The molecule has 0 bridgehead atoms. The number of aliphatic hydroxyl groups is 1. The van der Waals surface area contributed by atoms with Crippen molar-refractivity contribution >= 4 is 17.4 Å². The number of amides is 1. The van der Waals surface area contributed by atoms with Gasteiger partial charge in [-0.1, -0.05) is 12.1 Å². The van der Waals surface area contributed by atoms with Crippen LogP contribution in [0, 0.1) is 0 Å². The number of Topliss-reactive ketones (excluding diaryl/α,β-unsaturated/α-hetero) is 1. The second kappa shape index (κ2) is 11.8. The largest absolute Gasteiger partial charge is 0.507 e. The first kappa shape index (κ1) is 26.7. The Morgan fingerprint density at radius 1 is 0.892 bits per heavy atom. The van der Waals surface area contributed by atoms with Crippen LogP contribution in [0.15, 0.2) is 54.1 Å². The Hall–Kier alpha value is -3.36. The molecule has 0 aromatic heterocycles. The van der Waals surface area contributed by atoms with Crippen LogP contribution in [0.1, 0.15) is 44.9 Å². The molecule has 0 unspecified atom stereocenters. The summed E-state index contributed by atoms with van der Waals surface area (Å²) in [5, 5.41) is 11.3. The summed E-state index contributed by atoms with van der Waals surface area (Å²) in [6.07, 6.45) is 0.0338. The van der Waals surface area contributed by atoms with Gasteiger partial charge < -0.3 is 24.2 Å². The lowest BCUT2D eigenvalue weighted by Crippen LogP contribution is -2.42. The maximum atomic E-state index is 13.3. The van der Waals surface area contributed by atoms with Crippen LogP contribution in [-0.4, -0.2) is 78.2 Å². The van der Waals surface area contributed by atoms with E-state index < -0.39 is 17.7 Å². The molecule has 2 saturated heterocycles. The number of carbonyl (C=O) groups excluding carboxylic acids is 2. The standard InChI is InChI=1S/C29H36N2O6/c1-19(2)36-23-9-5-21(6-10-23)26-25(27(32)22-7-11-24(12-8-22)37-20(3)4)28(33)29(34)31(26)14-13-30-15-17-35-18-16-30/h5-12,19-20,26,32H,13-18H2,1-4H3/t26-/m0/s1. The zero-order chi connectivity index (χ0) is 26.5. The summed E-state index contributed by atoms with van der Waals surface area (Å²) in [4.78, 5) is 30.3. The van der Waals surface area contributed by atoms with Gasteiger partial charge in [0.05, 0.1) is 37.0 Å². The number of hydrogen-bond donors (Lipinski definition) is 1. The Bertz CT molecular complexity index is 1120. The molecule has 1 amide bonds. The van der Waals surface area contributed by atoms with Gasteiger partial charge in [-0.25, -0.2) is 0 Å². The van der Waals surface area contributed by atoms with E-state index in [-0.39, 0.29) is 23.5 Å². The van der Waals surface area contributed by atoms with Crippen molar-refractivity contribution in [3.05, 3.63) is 65.2 Å². The number of ether oxygens (including phenoxy) is 3. The molecular weight excluding hydrogens is 472 g/mol. The van der Waals surface area contributed by atoms with Crippen LogP contribution >= 0.6 is 0 Å². The van der Waals surface area contributed by atoms with Crippen molar-refractivity contribution in [3.63, 3.8) is 0 Å². The molecule has 0 saturated carbocycles. The van der Waals surface area contributed by atoms with Crippen molar-refractivity contribution in [1.29, 1.82) is 0 Å². The molecule has 2 heterocycles. The number of aliphatic hydroxyl groups excluding tert-OH is 1. The molecule has 8 heteroatoms. The van der Waals surface area contributed by atoms with Crippen molar-refractivity contribution in [3.8, 4) is 11.5 Å². The monoisotopic (exact) mass is 508 g/mol. The Labute approximate surface area is 218 Å². The van der Waals surface area contributed by atoms with E-state index in [4.69, 9.17) is 14.2 Å². The Morgan fingerprint density at radius 3 is 1.97 bits per heavy atom. The fourth-order valence-electron chi connectivity index (χ4n) is 4.65. The minimum atomic E-state index is -0.708. The van der Waals surface area contributed by atoms with Gasteiger partial charge in [0.2, 0.25) is 0 Å². The summed E-state index contributed by atoms with van der Waals surface area (Å²) in [5.41, 5.74) is 1.27.